The molecule has 0 saturated carbocycles. The molecule has 0 unspecified atom stereocenters. The topological polar surface area (TPSA) is 46.2 Å². The van der Waals surface area contributed by atoms with Gasteiger partial charge in [0.25, 0.3) is 10.0 Å². The van der Waals surface area contributed by atoms with Crippen LogP contribution in [0.15, 0.2) is 47.4 Å². The van der Waals surface area contributed by atoms with Gasteiger partial charge >= 0.3 is 6.18 Å². The summed E-state index contributed by atoms with van der Waals surface area (Å²) < 4.78 is 78.6. The van der Waals surface area contributed by atoms with Crippen molar-refractivity contribution < 1.29 is 26.0 Å². The maximum Gasteiger partial charge on any atom is 0.419 e. The standard InChI is InChI=1S/C16H15F4NO2S/c1-10(2)12-5-3-4-6-15(12)21-24(22,23)11-7-8-14(17)13(9-11)16(18,19)20/h3-10,21H,1-2H3. The second-order valence-electron chi connectivity index (χ2n) is 5.49. The first-order valence-electron chi connectivity index (χ1n) is 7.01. The average Bonchev–Trinajstić information content (AvgIpc) is 2.46. The number of hydrogen-bond donors (Lipinski definition) is 1. The van der Waals surface area contributed by atoms with Gasteiger partial charge in [-0.1, -0.05) is 32.0 Å². The van der Waals surface area contributed by atoms with E-state index in [9.17, 15) is 26.0 Å². The van der Waals surface area contributed by atoms with Crippen LogP contribution in [0.25, 0.3) is 0 Å². The molecule has 0 spiro atoms. The zero-order chi connectivity index (χ0) is 18.1. The van der Waals surface area contributed by atoms with E-state index >= 15 is 0 Å². The minimum atomic E-state index is -4.98. The minimum absolute atomic E-state index is 0.00264. The number of benzene rings is 2. The molecule has 0 heterocycles. The van der Waals surface area contributed by atoms with Gasteiger partial charge in [-0.15, -0.1) is 0 Å². The lowest BCUT2D eigenvalue weighted by Gasteiger charge is -2.16. The predicted octanol–water partition coefficient (Wildman–Crippen LogP) is 4.77. The van der Waals surface area contributed by atoms with Crippen LogP contribution in [-0.4, -0.2) is 8.42 Å². The van der Waals surface area contributed by atoms with E-state index in [4.69, 9.17) is 0 Å². The van der Waals surface area contributed by atoms with Gasteiger partial charge in [0, 0.05) is 0 Å². The molecule has 0 aliphatic carbocycles. The summed E-state index contributed by atoms with van der Waals surface area (Å²) in [4.78, 5) is -0.658. The highest BCUT2D eigenvalue weighted by Gasteiger charge is 2.35. The van der Waals surface area contributed by atoms with Crippen LogP contribution < -0.4 is 4.72 Å². The van der Waals surface area contributed by atoms with Crippen LogP contribution in [-0.2, 0) is 16.2 Å². The number of sulfonamides is 1. The zero-order valence-electron chi connectivity index (χ0n) is 12.9. The van der Waals surface area contributed by atoms with Gasteiger partial charge in [0.15, 0.2) is 0 Å². The smallest absolute Gasteiger partial charge is 0.279 e. The Kier molecular flexibility index (Phi) is 4.89. The van der Waals surface area contributed by atoms with Gasteiger partial charge in [-0.3, -0.25) is 4.72 Å². The van der Waals surface area contributed by atoms with Crippen LogP contribution in [0.3, 0.4) is 0 Å². The highest BCUT2D eigenvalue weighted by atomic mass is 32.2. The van der Waals surface area contributed by atoms with Crippen molar-refractivity contribution in [3.05, 3.63) is 59.4 Å². The number of rotatable bonds is 4. The molecule has 0 bridgehead atoms. The molecule has 130 valence electrons. The van der Waals surface area contributed by atoms with E-state index in [-0.39, 0.29) is 17.7 Å². The van der Waals surface area contributed by atoms with Gasteiger partial charge in [-0.2, -0.15) is 13.2 Å². The van der Waals surface area contributed by atoms with Gasteiger partial charge in [-0.05, 0) is 35.7 Å². The molecule has 2 aromatic carbocycles. The van der Waals surface area contributed by atoms with Crippen molar-refractivity contribution >= 4 is 15.7 Å². The Labute approximate surface area is 137 Å². The average molecular weight is 361 g/mol. The fourth-order valence-electron chi connectivity index (χ4n) is 2.19. The van der Waals surface area contributed by atoms with Gasteiger partial charge in [0.05, 0.1) is 16.1 Å². The van der Waals surface area contributed by atoms with Gasteiger partial charge in [0.2, 0.25) is 0 Å². The second-order valence-corrected chi connectivity index (χ2v) is 7.17. The molecule has 24 heavy (non-hydrogen) atoms. The maximum atomic E-state index is 13.3. The summed E-state index contributed by atoms with van der Waals surface area (Å²) in [6, 6.07) is 8.14. The Morgan fingerprint density at radius 2 is 1.67 bits per heavy atom. The van der Waals surface area contributed by atoms with Crippen LogP contribution in [0.2, 0.25) is 0 Å². The molecule has 8 heteroatoms. The molecule has 3 nitrogen and oxygen atoms in total. The van der Waals surface area contributed by atoms with Crippen molar-refractivity contribution in [1.82, 2.24) is 0 Å². The molecular formula is C16H15F4NO2S. The lowest BCUT2D eigenvalue weighted by Crippen LogP contribution is -2.16. The normalized spacial score (nSPS) is 12.5. The molecule has 0 radical (unpaired) electrons. The Morgan fingerprint density at radius 1 is 1.04 bits per heavy atom. The molecule has 0 fully saturated rings. The summed E-state index contributed by atoms with van der Waals surface area (Å²) >= 11 is 0. The van der Waals surface area contributed by atoms with Crippen LogP contribution in [0.5, 0.6) is 0 Å². The highest BCUT2D eigenvalue weighted by molar-refractivity contribution is 7.92. The summed E-state index contributed by atoms with van der Waals surface area (Å²) in [6.45, 7) is 3.71. The number of halogens is 4. The first-order valence-corrected chi connectivity index (χ1v) is 8.49. The Hall–Kier alpha value is -2.09. The van der Waals surface area contributed by atoms with Crippen LogP contribution in [0.4, 0.5) is 23.2 Å². The van der Waals surface area contributed by atoms with E-state index in [0.717, 1.165) is 6.07 Å². The van der Waals surface area contributed by atoms with E-state index in [2.05, 4.69) is 4.72 Å². The summed E-state index contributed by atoms with van der Waals surface area (Å²) in [5, 5.41) is 0. The minimum Gasteiger partial charge on any atom is -0.279 e. The Morgan fingerprint density at radius 3 is 2.25 bits per heavy atom. The van der Waals surface area contributed by atoms with Crippen molar-refractivity contribution in [1.29, 1.82) is 0 Å². The fraction of sp³-hybridized carbons (Fsp3) is 0.250. The predicted molar refractivity (Wildman–Crippen MR) is 82.7 cm³/mol. The van der Waals surface area contributed by atoms with Crippen molar-refractivity contribution in [3.8, 4) is 0 Å². The molecule has 2 rings (SSSR count). The van der Waals surface area contributed by atoms with E-state index in [1.165, 1.54) is 6.07 Å². The molecule has 0 aliphatic rings. The molecule has 0 aliphatic heterocycles. The Bertz CT molecular complexity index is 845. The lowest BCUT2D eigenvalue weighted by molar-refractivity contribution is -0.140. The summed E-state index contributed by atoms with van der Waals surface area (Å²) in [6.07, 6.45) is -4.98. The molecule has 0 saturated heterocycles. The number of alkyl halides is 3. The van der Waals surface area contributed by atoms with Gasteiger partial charge in [0.1, 0.15) is 5.82 Å². The number of nitrogens with one attached hydrogen (secondary N) is 1. The third kappa shape index (κ3) is 3.87. The maximum absolute atomic E-state index is 13.3. The molecule has 0 aromatic heterocycles. The monoisotopic (exact) mass is 361 g/mol. The summed E-state index contributed by atoms with van der Waals surface area (Å²) in [7, 11) is -4.29. The number of hydrogen-bond acceptors (Lipinski definition) is 2. The quantitative estimate of drug-likeness (QED) is 0.798. The van der Waals surface area contributed by atoms with Gasteiger partial charge in [-0.25, -0.2) is 12.8 Å². The van der Waals surface area contributed by atoms with E-state index in [1.807, 2.05) is 13.8 Å². The van der Waals surface area contributed by atoms with E-state index in [0.29, 0.717) is 11.6 Å². The zero-order valence-corrected chi connectivity index (χ0v) is 13.7. The van der Waals surface area contributed by atoms with Crippen molar-refractivity contribution in [2.75, 3.05) is 4.72 Å². The van der Waals surface area contributed by atoms with E-state index in [1.54, 1.807) is 18.2 Å². The fourth-order valence-corrected chi connectivity index (χ4v) is 3.30. The van der Waals surface area contributed by atoms with E-state index < -0.39 is 32.5 Å². The molecule has 2 aromatic rings. The van der Waals surface area contributed by atoms with Crippen molar-refractivity contribution in [2.45, 2.75) is 30.8 Å². The highest BCUT2D eigenvalue weighted by Crippen LogP contribution is 2.33. The molecular weight excluding hydrogens is 346 g/mol. The van der Waals surface area contributed by atoms with Gasteiger partial charge < -0.3 is 0 Å². The SMILES string of the molecule is CC(C)c1ccccc1NS(=O)(=O)c1ccc(F)c(C(F)(F)F)c1. The second kappa shape index (κ2) is 6.43. The lowest BCUT2D eigenvalue weighted by atomic mass is 10.0. The first-order chi connectivity index (χ1) is 11.0. The number of anilines is 1. The third-order valence-electron chi connectivity index (χ3n) is 3.38. The third-order valence-corrected chi connectivity index (χ3v) is 4.74. The Balaban J connectivity index is 2.46. The summed E-state index contributed by atoms with van der Waals surface area (Å²) in [5.74, 6) is -1.52. The van der Waals surface area contributed by atoms with Crippen molar-refractivity contribution in [2.24, 2.45) is 0 Å². The largest absolute Gasteiger partial charge is 0.419 e. The molecule has 1 N–H and O–H groups in total. The molecule has 0 amide bonds. The summed E-state index contributed by atoms with van der Waals surface area (Å²) in [5.41, 5.74) is -0.660. The number of para-hydroxylation sites is 1. The van der Waals surface area contributed by atoms with Crippen LogP contribution >= 0.6 is 0 Å². The molecule has 0 atom stereocenters. The van der Waals surface area contributed by atoms with Crippen LogP contribution in [0, 0.1) is 5.82 Å². The van der Waals surface area contributed by atoms with Crippen molar-refractivity contribution in [3.63, 3.8) is 0 Å². The van der Waals surface area contributed by atoms with Crippen LogP contribution in [0.1, 0.15) is 30.9 Å². The first kappa shape index (κ1) is 18.3.